The topological polar surface area (TPSA) is 28.2 Å². The third-order valence-corrected chi connectivity index (χ3v) is 4.28. The summed E-state index contributed by atoms with van der Waals surface area (Å²) in [4.78, 5) is 7.36. The first-order valence-electron chi connectivity index (χ1n) is 8.33. The summed E-state index contributed by atoms with van der Waals surface area (Å²) in [5.74, 6) is 1.21. The van der Waals surface area contributed by atoms with Crippen LogP contribution in [-0.4, -0.2) is 24.1 Å². The average molecular weight is 273 g/mol. The van der Waals surface area contributed by atoms with Crippen molar-refractivity contribution in [2.45, 2.75) is 64.5 Å². The van der Waals surface area contributed by atoms with E-state index in [0.717, 1.165) is 19.0 Å². The molecule has 0 radical (unpaired) electrons. The highest BCUT2D eigenvalue weighted by Crippen LogP contribution is 2.22. The summed E-state index contributed by atoms with van der Waals surface area (Å²) in [6.45, 7) is 5.60. The molecule has 2 fully saturated rings. The number of rotatable bonds is 6. The van der Waals surface area contributed by atoms with Gasteiger partial charge < -0.3 is 10.2 Å². The summed E-state index contributed by atoms with van der Waals surface area (Å²) in [7, 11) is 0. The molecule has 1 N–H and O–H groups in total. The van der Waals surface area contributed by atoms with E-state index in [2.05, 4.69) is 29.3 Å². The van der Waals surface area contributed by atoms with Crippen molar-refractivity contribution in [2.24, 2.45) is 0 Å². The van der Waals surface area contributed by atoms with Crippen molar-refractivity contribution < 1.29 is 0 Å². The van der Waals surface area contributed by atoms with Crippen molar-refractivity contribution >= 4 is 5.82 Å². The first-order valence-corrected chi connectivity index (χ1v) is 8.33. The fourth-order valence-electron chi connectivity index (χ4n) is 2.95. The Morgan fingerprint density at radius 1 is 1.20 bits per heavy atom. The minimum atomic E-state index is 0.774. The maximum Gasteiger partial charge on any atom is 0.129 e. The van der Waals surface area contributed by atoms with Gasteiger partial charge in [0.15, 0.2) is 0 Å². The zero-order valence-electron chi connectivity index (χ0n) is 12.7. The van der Waals surface area contributed by atoms with Crippen molar-refractivity contribution in [1.82, 2.24) is 10.3 Å². The van der Waals surface area contributed by atoms with E-state index in [1.807, 2.05) is 0 Å². The lowest BCUT2D eigenvalue weighted by Crippen LogP contribution is -2.30. The standard InChI is InChI=1S/C17H27N3/c1-2-6-16-11-14(13-18-15-7-8-15)12-17(19-16)20-9-4-3-5-10-20/h11-12,15,18H,2-10,13H2,1H3. The first kappa shape index (κ1) is 13.9. The lowest BCUT2D eigenvalue weighted by atomic mass is 10.1. The van der Waals surface area contributed by atoms with Crippen LogP contribution in [0.3, 0.4) is 0 Å². The van der Waals surface area contributed by atoms with Crippen LogP contribution in [0, 0.1) is 0 Å². The molecule has 0 aromatic carbocycles. The van der Waals surface area contributed by atoms with Gasteiger partial charge in [0.25, 0.3) is 0 Å². The number of piperidine rings is 1. The van der Waals surface area contributed by atoms with Crippen LogP contribution in [0.15, 0.2) is 12.1 Å². The second kappa shape index (κ2) is 6.57. The zero-order chi connectivity index (χ0) is 13.8. The van der Waals surface area contributed by atoms with Crippen LogP contribution in [0.2, 0.25) is 0 Å². The van der Waals surface area contributed by atoms with E-state index in [9.17, 15) is 0 Å². The lowest BCUT2D eigenvalue weighted by Gasteiger charge is -2.28. The molecule has 2 heterocycles. The first-order chi connectivity index (χ1) is 9.85. The highest BCUT2D eigenvalue weighted by Gasteiger charge is 2.20. The number of pyridine rings is 1. The molecule has 20 heavy (non-hydrogen) atoms. The Labute approximate surface area is 122 Å². The number of nitrogens with zero attached hydrogens (tertiary/aromatic N) is 2. The SMILES string of the molecule is CCCc1cc(CNC2CC2)cc(N2CCCCC2)n1. The van der Waals surface area contributed by atoms with Crippen molar-refractivity contribution in [3.63, 3.8) is 0 Å². The van der Waals surface area contributed by atoms with Crippen molar-refractivity contribution in [2.75, 3.05) is 18.0 Å². The molecule has 2 aliphatic rings. The van der Waals surface area contributed by atoms with Crippen LogP contribution in [0.1, 0.15) is 56.7 Å². The smallest absolute Gasteiger partial charge is 0.129 e. The van der Waals surface area contributed by atoms with Gasteiger partial charge in [0.1, 0.15) is 5.82 Å². The molecule has 1 aliphatic carbocycles. The lowest BCUT2D eigenvalue weighted by molar-refractivity contribution is 0.572. The average Bonchev–Trinajstić information content (AvgIpc) is 3.30. The molecule has 0 spiro atoms. The Hall–Kier alpha value is -1.09. The Morgan fingerprint density at radius 3 is 2.70 bits per heavy atom. The highest BCUT2D eigenvalue weighted by atomic mass is 15.2. The van der Waals surface area contributed by atoms with Gasteiger partial charge in [-0.2, -0.15) is 0 Å². The zero-order valence-corrected chi connectivity index (χ0v) is 12.7. The quantitative estimate of drug-likeness (QED) is 0.862. The second-order valence-electron chi connectivity index (χ2n) is 6.28. The van der Waals surface area contributed by atoms with E-state index >= 15 is 0 Å². The van der Waals surface area contributed by atoms with E-state index in [-0.39, 0.29) is 0 Å². The van der Waals surface area contributed by atoms with Gasteiger partial charge in [0, 0.05) is 31.4 Å². The van der Waals surface area contributed by atoms with Gasteiger partial charge in [-0.15, -0.1) is 0 Å². The Morgan fingerprint density at radius 2 is 2.00 bits per heavy atom. The van der Waals surface area contributed by atoms with Gasteiger partial charge in [0.05, 0.1) is 0 Å². The predicted octanol–water partition coefficient (Wildman–Crippen LogP) is 3.28. The number of hydrogen-bond acceptors (Lipinski definition) is 3. The summed E-state index contributed by atoms with van der Waals surface area (Å²) >= 11 is 0. The minimum Gasteiger partial charge on any atom is -0.357 e. The van der Waals surface area contributed by atoms with Crippen LogP contribution in [0.25, 0.3) is 0 Å². The molecule has 0 atom stereocenters. The molecule has 1 aromatic rings. The van der Waals surface area contributed by atoms with Gasteiger partial charge >= 0.3 is 0 Å². The van der Waals surface area contributed by atoms with Crippen LogP contribution >= 0.6 is 0 Å². The number of hydrogen-bond donors (Lipinski definition) is 1. The minimum absolute atomic E-state index is 0.774. The van der Waals surface area contributed by atoms with E-state index < -0.39 is 0 Å². The molecule has 0 bridgehead atoms. The molecule has 110 valence electrons. The summed E-state index contributed by atoms with van der Waals surface area (Å²) in [5, 5.41) is 3.63. The fourth-order valence-corrected chi connectivity index (χ4v) is 2.95. The summed E-state index contributed by atoms with van der Waals surface area (Å²) in [6.07, 6.45) is 8.98. The molecule has 1 saturated carbocycles. The van der Waals surface area contributed by atoms with Gasteiger partial charge in [-0.05, 0) is 56.2 Å². The number of aromatic nitrogens is 1. The van der Waals surface area contributed by atoms with E-state index in [4.69, 9.17) is 4.98 Å². The molecule has 1 aliphatic heterocycles. The highest BCUT2D eigenvalue weighted by molar-refractivity contribution is 5.43. The van der Waals surface area contributed by atoms with Gasteiger partial charge in [0.2, 0.25) is 0 Å². The van der Waals surface area contributed by atoms with Gasteiger partial charge in [-0.1, -0.05) is 13.3 Å². The second-order valence-corrected chi connectivity index (χ2v) is 6.28. The van der Waals surface area contributed by atoms with E-state index in [0.29, 0.717) is 0 Å². The number of anilines is 1. The molecule has 1 saturated heterocycles. The Kier molecular flexibility index (Phi) is 4.56. The molecule has 3 rings (SSSR count). The van der Waals surface area contributed by atoms with E-state index in [1.54, 1.807) is 0 Å². The maximum absolute atomic E-state index is 4.89. The molecule has 3 nitrogen and oxygen atoms in total. The predicted molar refractivity (Wildman–Crippen MR) is 84.2 cm³/mol. The van der Waals surface area contributed by atoms with Crippen LogP contribution < -0.4 is 10.2 Å². The van der Waals surface area contributed by atoms with Crippen LogP contribution in [0.4, 0.5) is 5.82 Å². The van der Waals surface area contributed by atoms with Gasteiger partial charge in [-0.25, -0.2) is 4.98 Å². The normalized spacial score (nSPS) is 19.4. The summed E-state index contributed by atoms with van der Waals surface area (Å²) in [5.41, 5.74) is 2.68. The van der Waals surface area contributed by atoms with Crippen molar-refractivity contribution in [1.29, 1.82) is 0 Å². The van der Waals surface area contributed by atoms with Crippen LogP contribution in [0.5, 0.6) is 0 Å². The molecule has 3 heteroatoms. The Bertz CT molecular complexity index is 434. The number of aryl methyl sites for hydroxylation is 1. The van der Waals surface area contributed by atoms with Crippen molar-refractivity contribution in [3.8, 4) is 0 Å². The Balaban J connectivity index is 1.74. The molecule has 1 aromatic heterocycles. The maximum atomic E-state index is 4.89. The largest absolute Gasteiger partial charge is 0.357 e. The van der Waals surface area contributed by atoms with Gasteiger partial charge in [-0.3, -0.25) is 0 Å². The molecular formula is C17H27N3. The summed E-state index contributed by atoms with van der Waals surface area (Å²) < 4.78 is 0. The van der Waals surface area contributed by atoms with Crippen molar-refractivity contribution in [3.05, 3.63) is 23.4 Å². The van der Waals surface area contributed by atoms with E-state index in [1.165, 1.54) is 68.7 Å². The molecule has 0 amide bonds. The van der Waals surface area contributed by atoms with Crippen LogP contribution in [-0.2, 0) is 13.0 Å². The molecule has 0 unspecified atom stereocenters. The molecular weight excluding hydrogens is 246 g/mol. The third kappa shape index (κ3) is 3.72. The monoisotopic (exact) mass is 273 g/mol. The summed E-state index contributed by atoms with van der Waals surface area (Å²) in [6, 6.07) is 5.38. The third-order valence-electron chi connectivity index (χ3n) is 4.28. The fraction of sp³-hybridized carbons (Fsp3) is 0.706. The number of nitrogens with one attached hydrogen (secondary N) is 1.